The number of nitrogens with zero attached hydrogens (tertiary/aromatic N) is 6. The fourth-order valence-electron chi connectivity index (χ4n) is 3.93. The zero-order valence-corrected chi connectivity index (χ0v) is 18.1. The van der Waals surface area contributed by atoms with Gasteiger partial charge in [-0.3, -0.25) is 4.79 Å². The first-order chi connectivity index (χ1) is 15.4. The molecule has 4 aromatic rings. The van der Waals surface area contributed by atoms with E-state index in [-0.39, 0.29) is 29.4 Å². The number of oxazole rings is 1. The molecule has 1 saturated carbocycles. The fourth-order valence-corrected chi connectivity index (χ4v) is 3.93. The highest BCUT2D eigenvalue weighted by Crippen LogP contribution is 2.31. The van der Waals surface area contributed by atoms with E-state index >= 15 is 0 Å². The van der Waals surface area contributed by atoms with Crippen molar-refractivity contribution in [1.82, 2.24) is 34.6 Å². The third-order valence-corrected chi connectivity index (χ3v) is 5.92. The molecule has 32 heavy (non-hydrogen) atoms. The summed E-state index contributed by atoms with van der Waals surface area (Å²) >= 11 is 0. The Balaban J connectivity index is 1.54. The molecule has 0 atom stereocenters. The molecule has 0 bridgehead atoms. The number of aryl methyl sites for hydroxylation is 1. The SMILES string of the molecule is Cc1cnc2ccc(-c3nc(C(=O)N[C@H]4C[C@@H](N(C)C)C4)c(N)nc3-c3ncco3)cn12. The van der Waals surface area contributed by atoms with E-state index in [1.165, 1.54) is 12.5 Å². The number of nitrogen functional groups attached to an aromatic ring is 1. The lowest BCUT2D eigenvalue weighted by molar-refractivity contribution is 0.0849. The maximum Gasteiger partial charge on any atom is 0.273 e. The van der Waals surface area contributed by atoms with Gasteiger partial charge in [0.2, 0.25) is 5.89 Å². The summed E-state index contributed by atoms with van der Waals surface area (Å²) in [7, 11) is 4.08. The molecule has 0 saturated heterocycles. The number of pyridine rings is 1. The van der Waals surface area contributed by atoms with Crippen molar-refractivity contribution in [2.45, 2.75) is 31.8 Å². The first-order valence-corrected chi connectivity index (χ1v) is 10.4. The van der Waals surface area contributed by atoms with Crippen LogP contribution in [0.4, 0.5) is 5.82 Å². The Morgan fingerprint density at radius 3 is 2.75 bits per heavy atom. The van der Waals surface area contributed by atoms with Crippen molar-refractivity contribution in [3.05, 3.63) is 48.4 Å². The Bertz CT molecular complexity index is 1290. The van der Waals surface area contributed by atoms with Crippen molar-refractivity contribution >= 4 is 17.4 Å². The minimum absolute atomic E-state index is 0.0304. The molecular weight excluding hydrogens is 408 g/mol. The van der Waals surface area contributed by atoms with Gasteiger partial charge in [-0.05, 0) is 46.0 Å². The molecule has 1 amide bonds. The van der Waals surface area contributed by atoms with Crippen LogP contribution in [0.2, 0.25) is 0 Å². The van der Waals surface area contributed by atoms with Gasteiger partial charge in [-0.1, -0.05) is 0 Å². The number of carbonyl (C=O) groups excluding carboxylic acids is 1. The van der Waals surface area contributed by atoms with E-state index in [2.05, 4.69) is 30.2 Å². The van der Waals surface area contributed by atoms with E-state index in [1.807, 2.05) is 43.7 Å². The Labute approximate surface area is 184 Å². The van der Waals surface area contributed by atoms with Gasteiger partial charge in [0.05, 0.1) is 6.20 Å². The molecule has 0 spiro atoms. The number of aromatic nitrogens is 5. The number of amides is 1. The third-order valence-electron chi connectivity index (χ3n) is 5.92. The van der Waals surface area contributed by atoms with Gasteiger partial charge < -0.3 is 24.8 Å². The van der Waals surface area contributed by atoms with Gasteiger partial charge in [-0.2, -0.15) is 0 Å². The number of hydrogen-bond acceptors (Lipinski definition) is 8. The molecule has 0 radical (unpaired) electrons. The molecule has 10 nitrogen and oxygen atoms in total. The molecule has 1 aliphatic rings. The maximum atomic E-state index is 13.0. The Morgan fingerprint density at radius 2 is 2.03 bits per heavy atom. The number of nitrogens with one attached hydrogen (secondary N) is 1. The van der Waals surface area contributed by atoms with E-state index in [4.69, 9.17) is 10.2 Å². The molecule has 4 heterocycles. The van der Waals surface area contributed by atoms with Crippen LogP contribution in [0.15, 0.2) is 41.4 Å². The van der Waals surface area contributed by atoms with Gasteiger partial charge in [0, 0.05) is 35.7 Å². The van der Waals surface area contributed by atoms with Crippen molar-refractivity contribution in [3.63, 3.8) is 0 Å². The molecular formula is C22H24N8O2. The molecule has 4 aromatic heterocycles. The third kappa shape index (κ3) is 3.48. The van der Waals surface area contributed by atoms with Gasteiger partial charge in [-0.15, -0.1) is 0 Å². The number of fused-ring (bicyclic) bond motifs is 1. The van der Waals surface area contributed by atoms with Gasteiger partial charge in [0.15, 0.2) is 17.2 Å². The molecule has 0 aliphatic heterocycles. The highest BCUT2D eigenvalue weighted by Gasteiger charge is 2.33. The fraction of sp³-hybridized carbons (Fsp3) is 0.318. The Morgan fingerprint density at radius 1 is 1.22 bits per heavy atom. The van der Waals surface area contributed by atoms with Crippen molar-refractivity contribution < 1.29 is 9.21 Å². The van der Waals surface area contributed by atoms with Crippen LogP contribution in [0.1, 0.15) is 29.0 Å². The number of imidazole rings is 1. The highest BCUT2D eigenvalue weighted by atomic mass is 16.3. The van der Waals surface area contributed by atoms with Gasteiger partial charge in [0.25, 0.3) is 5.91 Å². The average Bonchev–Trinajstić information content (AvgIpc) is 3.40. The monoisotopic (exact) mass is 432 g/mol. The van der Waals surface area contributed by atoms with Crippen molar-refractivity contribution in [2.75, 3.05) is 19.8 Å². The van der Waals surface area contributed by atoms with Crippen LogP contribution in [0.25, 0.3) is 28.5 Å². The van der Waals surface area contributed by atoms with E-state index in [0.717, 1.165) is 29.7 Å². The highest BCUT2D eigenvalue weighted by molar-refractivity contribution is 5.98. The van der Waals surface area contributed by atoms with Crippen LogP contribution in [-0.2, 0) is 0 Å². The molecule has 1 fully saturated rings. The minimum Gasteiger partial charge on any atom is -0.443 e. The number of rotatable bonds is 5. The molecule has 10 heteroatoms. The molecule has 3 N–H and O–H groups in total. The van der Waals surface area contributed by atoms with E-state index in [9.17, 15) is 4.79 Å². The van der Waals surface area contributed by atoms with E-state index in [1.54, 1.807) is 6.20 Å². The Hall–Kier alpha value is -3.79. The summed E-state index contributed by atoms with van der Waals surface area (Å²) in [4.78, 5) is 32.8. The summed E-state index contributed by atoms with van der Waals surface area (Å²) in [5.74, 6) is -0.0263. The maximum absolute atomic E-state index is 13.0. The predicted octanol–water partition coefficient (Wildman–Crippen LogP) is 2.16. The minimum atomic E-state index is -0.336. The van der Waals surface area contributed by atoms with E-state index in [0.29, 0.717) is 17.4 Å². The van der Waals surface area contributed by atoms with Crippen molar-refractivity contribution in [1.29, 1.82) is 0 Å². The molecule has 164 valence electrons. The number of carbonyl (C=O) groups is 1. The summed E-state index contributed by atoms with van der Waals surface area (Å²) in [6, 6.07) is 4.33. The van der Waals surface area contributed by atoms with Crippen LogP contribution in [0, 0.1) is 6.92 Å². The first kappa shape index (κ1) is 20.1. The number of nitrogens with two attached hydrogens (primary N) is 1. The second-order valence-corrected chi connectivity index (χ2v) is 8.30. The van der Waals surface area contributed by atoms with Crippen LogP contribution in [-0.4, -0.2) is 61.3 Å². The lowest BCUT2D eigenvalue weighted by Crippen LogP contribution is -2.52. The summed E-state index contributed by atoms with van der Waals surface area (Å²) in [5.41, 5.74) is 9.60. The van der Waals surface area contributed by atoms with Crippen molar-refractivity contribution in [2.24, 2.45) is 0 Å². The van der Waals surface area contributed by atoms with Gasteiger partial charge in [0.1, 0.15) is 17.6 Å². The van der Waals surface area contributed by atoms with Crippen LogP contribution in [0.5, 0.6) is 0 Å². The predicted molar refractivity (Wildman–Crippen MR) is 119 cm³/mol. The van der Waals surface area contributed by atoms with Crippen molar-refractivity contribution in [3.8, 4) is 22.8 Å². The topological polar surface area (TPSA) is 127 Å². The Kier molecular flexibility index (Phi) is 4.86. The summed E-state index contributed by atoms with van der Waals surface area (Å²) in [6.07, 6.45) is 8.46. The van der Waals surface area contributed by atoms with Crippen LogP contribution < -0.4 is 11.1 Å². The lowest BCUT2D eigenvalue weighted by Gasteiger charge is -2.39. The van der Waals surface area contributed by atoms with Gasteiger partial charge in [-0.25, -0.2) is 19.9 Å². The first-order valence-electron chi connectivity index (χ1n) is 10.4. The average molecular weight is 432 g/mol. The summed E-state index contributed by atoms with van der Waals surface area (Å²) < 4.78 is 7.41. The zero-order valence-electron chi connectivity index (χ0n) is 18.1. The molecule has 0 aromatic carbocycles. The summed E-state index contributed by atoms with van der Waals surface area (Å²) in [6.45, 7) is 1.96. The largest absolute Gasteiger partial charge is 0.443 e. The van der Waals surface area contributed by atoms with E-state index < -0.39 is 0 Å². The van der Waals surface area contributed by atoms with Gasteiger partial charge >= 0.3 is 0 Å². The second-order valence-electron chi connectivity index (χ2n) is 8.30. The quantitative estimate of drug-likeness (QED) is 0.491. The van der Waals surface area contributed by atoms with Crippen LogP contribution in [0.3, 0.4) is 0 Å². The zero-order chi connectivity index (χ0) is 22.4. The molecule has 5 rings (SSSR count). The smallest absolute Gasteiger partial charge is 0.273 e. The molecule has 0 unspecified atom stereocenters. The second kappa shape index (κ2) is 7.72. The number of hydrogen-bond donors (Lipinski definition) is 2. The van der Waals surface area contributed by atoms with Crippen LogP contribution >= 0.6 is 0 Å². The standard InChI is InChI=1S/C22H24N8O2/c1-12-10-25-16-5-4-13(11-30(12)16)17-18(22-24-6-7-32-22)28-20(23)19(27-17)21(31)26-14-8-15(9-14)29(2)3/h4-7,10-11,14-15H,8-9H2,1-3H3,(H2,23,28)(H,26,31)/t14-,15+. The summed E-state index contributed by atoms with van der Waals surface area (Å²) in [5, 5.41) is 3.02. The lowest BCUT2D eigenvalue weighted by atomic mass is 9.86. The normalized spacial score (nSPS) is 18.1. The number of anilines is 1. The molecule has 1 aliphatic carbocycles.